The highest BCUT2D eigenvalue weighted by atomic mass is 32.2. The number of thiophene rings is 2. The molecule has 246 valence electrons. The Morgan fingerprint density at radius 1 is 0.423 bits per heavy atom. The molecule has 0 unspecified atom stereocenters. The number of nitrogens with zero attached hydrogens (tertiary/aromatic N) is 5. The molecule has 0 saturated carbocycles. The number of hydrogen-bond acceptors (Lipinski definition) is 8. The fourth-order valence-electron chi connectivity index (χ4n) is 6.66. The highest BCUT2D eigenvalue weighted by Crippen LogP contribution is 2.46. The van der Waals surface area contributed by atoms with Gasteiger partial charge in [0.25, 0.3) is 0 Å². The van der Waals surface area contributed by atoms with E-state index in [1.165, 1.54) is 29.6 Å². The third kappa shape index (κ3) is 5.55. The van der Waals surface area contributed by atoms with Crippen LogP contribution in [0.25, 0.3) is 63.7 Å². The Morgan fingerprint density at radius 3 is 1.38 bits per heavy atom. The maximum atomic E-state index is 5.14. The van der Waals surface area contributed by atoms with Gasteiger partial charge in [-0.15, -0.1) is 22.7 Å². The third-order valence-corrected chi connectivity index (χ3v) is 11.7. The monoisotopic (exact) mass is 704 g/mol. The van der Waals surface area contributed by atoms with Crippen LogP contribution in [0.3, 0.4) is 0 Å². The SMILES string of the molecule is c1ccc(C2=NC(c3ccc4sc5sc6ccc(-c7nc(-c8ccccc8)nc(-c8ccccc8)n7)cc6c5c4c3)N=C(c3ccccc3)N2)cc1. The van der Waals surface area contributed by atoms with Gasteiger partial charge in [0, 0.05) is 53.4 Å². The summed E-state index contributed by atoms with van der Waals surface area (Å²) in [5.74, 6) is 3.57. The van der Waals surface area contributed by atoms with Crippen molar-refractivity contribution in [3.63, 3.8) is 0 Å². The molecule has 0 saturated heterocycles. The highest BCUT2D eigenvalue weighted by Gasteiger charge is 2.22. The van der Waals surface area contributed by atoms with Crippen molar-refractivity contribution >= 4 is 63.9 Å². The van der Waals surface area contributed by atoms with E-state index >= 15 is 0 Å². The zero-order chi connectivity index (χ0) is 34.4. The van der Waals surface area contributed by atoms with Gasteiger partial charge in [-0.2, -0.15) is 0 Å². The minimum atomic E-state index is -0.399. The standard InChI is InChI=1S/C44H28N6S2/c1-5-13-27(14-6-1)38-45-39(28-15-7-2-8-16-28)48-42(47-38)31-21-23-35-33(25-31)37-34-26-32(22-24-36(34)52-44(37)51-35)43-49-40(29-17-9-3-10-18-29)46-41(50-43)30-19-11-4-12-20-30/h1-26,42H,(H,45,47,48). The lowest BCUT2D eigenvalue weighted by atomic mass is 10.0. The maximum Gasteiger partial charge on any atom is 0.169 e. The molecule has 1 aliphatic heterocycles. The largest absolute Gasteiger partial charge is 0.324 e. The van der Waals surface area contributed by atoms with E-state index in [0.29, 0.717) is 17.5 Å². The van der Waals surface area contributed by atoms with Crippen LogP contribution >= 0.6 is 22.7 Å². The minimum Gasteiger partial charge on any atom is -0.324 e. The first-order valence-electron chi connectivity index (χ1n) is 17.0. The van der Waals surface area contributed by atoms with Gasteiger partial charge in [0.05, 0.1) is 4.01 Å². The molecule has 0 spiro atoms. The summed E-state index contributed by atoms with van der Waals surface area (Å²) in [6, 6.07) is 54.0. The van der Waals surface area contributed by atoms with Crippen LogP contribution in [0, 0.1) is 0 Å². The van der Waals surface area contributed by atoms with Gasteiger partial charge in [0.2, 0.25) is 0 Å². The molecule has 0 bridgehead atoms. The molecule has 4 heterocycles. The van der Waals surface area contributed by atoms with Crippen LogP contribution in [-0.4, -0.2) is 26.6 Å². The molecule has 6 aromatic carbocycles. The zero-order valence-electron chi connectivity index (χ0n) is 27.6. The van der Waals surface area contributed by atoms with E-state index in [2.05, 4.69) is 66.0 Å². The smallest absolute Gasteiger partial charge is 0.169 e. The van der Waals surface area contributed by atoms with Gasteiger partial charge in [0.15, 0.2) is 23.6 Å². The number of nitrogens with one attached hydrogen (secondary N) is 1. The Kier molecular flexibility index (Phi) is 7.48. The molecule has 0 aliphatic carbocycles. The summed E-state index contributed by atoms with van der Waals surface area (Å²) >= 11 is 3.66. The molecule has 3 aromatic heterocycles. The highest BCUT2D eigenvalue weighted by molar-refractivity contribution is 7.44. The van der Waals surface area contributed by atoms with Crippen LogP contribution < -0.4 is 5.32 Å². The number of amidine groups is 2. The average molecular weight is 705 g/mol. The van der Waals surface area contributed by atoms with Gasteiger partial charge in [-0.05, 0) is 35.9 Å². The van der Waals surface area contributed by atoms with Gasteiger partial charge in [-0.1, -0.05) is 127 Å². The molecule has 52 heavy (non-hydrogen) atoms. The molecule has 8 heteroatoms. The normalized spacial score (nSPS) is 13.3. The first-order chi connectivity index (χ1) is 25.7. The van der Waals surface area contributed by atoms with E-state index < -0.39 is 6.17 Å². The fraction of sp³-hybridized carbons (Fsp3) is 0.0227. The lowest BCUT2D eigenvalue weighted by Crippen LogP contribution is -2.35. The van der Waals surface area contributed by atoms with Crippen LogP contribution in [0.1, 0.15) is 22.9 Å². The van der Waals surface area contributed by atoms with E-state index in [4.69, 9.17) is 24.9 Å². The number of hydrogen-bond donors (Lipinski definition) is 1. The van der Waals surface area contributed by atoms with Crippen LogP contribution in [0.2, 0.25) is 0 Å². The molecule has 0 atom stereocenters. The van der Waals surface area contributed by atoms with Crippen LogP contribution in [0.15, 0.2) is 168 Å². The van der Waals surface area contributed by atoms with E-state index in [9.17, 15) is 0 Å². The van der Waals surface area contributed by atoms with Crippen LogP contribution in [0.5, 0.6) is 0 Å². The Morgan fingerprint density at radius 2 is 0.865 bits per heavy atom. The van der Waals surface area contributed by atoms with Crippen molar-refractivity contribution in [2.24, 2.45) is 9.98 Å². The lowest BCUT2D eigenvalue weighted by Gasteiger charge is -2.22. The summed E-state index contributed by atoms with van der Waals surface area (Å²) in [4.78, 5) is 25.2. The molecule has 0 fully saturated rings. The van der Waals surface area contributed by atoms with Crippen molar-refractivity contribution in [1.82, 2.24) is 20.3 Å². The lowest BCUT2D eigenvalue weighted by molar-refractivity contribution is 0.757. The second-order valence-corrected chi connectivity index (χ2v) is 14.9. The Bertz CT molecular complexity index is 2700. The summed E-state index contributed by atoms with van der Waals surface area (Å²) in [5, 5.41) is 7.15. The number of benzene rings is 6. The number of rotatable bonds is 6. The Labute approximate surface area is 307 Å². The van der Waals surface area contributed by atoms with Crippen molar-refractivity contribution in [3.05, 3.63) is 174 Å². The van der Waals surface area contributed by atoms with Crippen molar-refractivity contribution in [2.45, 2.75) is 6.17 Å². The van der Waals surface area contributed by atoms with Crippen molar-refractivity contribution < 1.29 is 0 Å². The maximum absolute atomic E-state index is 5.14. The van der Waals surface area contributed by atoms with Gasteiger partial charge in [-0.25, -0.2) is 24.9 Å². The topological polar surface area (TPSA) is 75.4 Å². The van der Waals surface area contributed by atoms with E-state index in [1.54, 1.807) is 0 Å². The van der Waals surface area contributed by atoms with Gasteiger partial charge >= 0.3 is 0 Å². The molecule has 1 N–H and O–H groups in total. The quantitative estimate of drug-likeness (QED) is 0.187. The van der Waals surface area contributed by atoms with Crippen molar-refractivity contribution in [3.8, 4) is 34.2 Å². The first kappa shape index (κ1) is 30.5. The summed E-state index contributed by atoms with van der Waals surface area (Å²) in [6.07, 6.45) is -0.399. The third-order valence-electron chi connectivity index (χ3n) is 9.22. The number of fused-ring (bicyclic) bond motifs is 5. The summed E-state index contributed by atoms with van der Waals surface area (Å²) in [6.45, 7) is 0. The minimum absolute atomic E-state index is 0.399. The predicted octanol–water partition coefficient (Wildman–Crippen LogP) is 11.0. The van der Waals surface area contributed by atoms with E-state index in [-0.39, 0.29) is 0 Å². The van der Waals surface area contributed by atoms with Gasteiger partial charge < -0.3 is 5.32 Å². The molecular weight excluding hydrogens is 677 g/mol. The summed E-state index contributed by atoms with van der Waals surface area (Å²) < 4.78 is 3.76. The Hall–Kier alpha value is -6.35. The van der Waals surface area contributed by atoms with Gasteiger partial charge in [0.1, 0.15) is 11.7 Å². The average Bonchev–Trinajstić information content (AvgIpc) is 3.77. The molecule has 1 aliphatic rings. The molecule has 0 radical (unpaired) electrons. The Balaban J connectivity index is 1.11. The zero-order valence-corrected chi connectivity index (χ0v) is 29.3. The first-order valence-corrected chi connectivity index (χ1v) is 18.7. The van der Waals surface area contributed by atoms with E-state index in [0.717, 1.165) is 45.1 Å². The van der Waals surface area contributed by atoms with Crippen molar-refractivity contribution in [1.29, 1.82) is 0 Å². The molecular formula is C44H28N6S2. The fourth-order valence-corrected chi connectivity index (χ4v) is 9.22. The molecule has 6 nitrogen and oxygen atoms in total. The van der Waals surface area contributed by atoms with Crippen LogP contribution in [-0.2, 0) is 0 Å². The number of aromatic nitrogens is 3. The summed E-state index contributed by atoms with van der Waals surface area (Å²) in [5.41, 5.74) is 5.95. The van der Waals surface area contributed by atoms with Gasteiger partial charge in [-0.3, -0.25) is 0 Å². The van der Waals surface area contributed by atoms with Crippen molar-refractivity contribution in [2.75, 3.05) is 0 Å². The van der Waals surface area contributed by atoms with Crippen LogP contribution in [0.4, 0.5) is 0 Å². The predicted molar refractivity (Wildman–Crippen MR) is 216 cm³/mol. The van der Waals surface area contributed by atoms with E-state index in [1.807, 2.05) is 120 Å². The molecule has 9 aromatic rings. The second-order valence-electron chi connectivity index (χ2n) is 12.6. The number of aliphatic imine (C=N–C) groups is 2. The molecule has 10 rings (SSSR count). The summed E-state index contributed by atoms with van der Waals surface area (Å²) in [7, 11) is 0. The molecule has 0 amide bonds. The second kappa shape index (κ2) is 12.8.